The second kappa shape index (κ2) is 11.5. The van der Waals surface area contributed by atoms with Gasteiger partial charge in [-0.2, -0.15) is 0 Å². The molecule has 3 N–H and O–H groups in total. The van der Waals surface area contributed by atoms with E-state index in [2.05, 4.69) is 12.2 Å². The molecule has 120 valence electrons. The summed E-state index contributed by atoms with van der Waals surface area (Å²) in [6, 6.07) is 10.2. The Bertz CT molecular complexity index is 385. The Morgan fingerprint density at radius 2 is 1.95 bits per heavy atom. The molecule has 0 heterocycles. The molecule has 0 aromatic heterocycles. The average molecular weight is 315 g/mol. The molecule has 5 heteroatoms. The minimum absolute atomic E-state index is 0. The van der Waals surface area contributed by atoms with E-state index in [0.29, 0.717) is 32.1 Å². The monoisotopic (exact) mass is 314 g/mol. The van der Waals surface area contributed by atoms with Crippen LogP contribution in [0.5, 0.6) is 0 Å². The van der Waals surface area contributed by atoms with Crippen molar-refractivity contribution in [2.45, 2.75) is 39.3 Å². The summed E-state index contributed by atoms with van der Waals surface area (Å²) in [6.45, 7) is 5.88. The van der Waals surface area contributed by atoms with Crippen LogP contribution in [-0.2, 0) is 16.1 Å². The minimum Gasteiger partial charge on any atom is -0.376 e. The van der Waals surface area contributed by atoms with E-state index in [1.807, 2.05) is 37.3 Å². The second-order valence-corrected chi connectivity index (χ2v) is 5.43. The molecule has 2 unspecified atom stereocenters. The van der Waals surface area contributed by atoms with E-state index >= 15 is 0 Å². The molecule has 2 atom stereocenters. The second-order valence-electron chi connectivity index (χ2n) is 5.43. The fourth-order valence-electron chi connectivity index (χ4n) is 1.75. The van der Waals surface area contributed by atoms with Gasteiger partial charge < -0.3 is 15.8 Å². The number of carbonyl (C=O) groups excluding carboxylic acids is 1. The molecule has 0 aliphatic carbocycles. The highest BCUT2D eigenvalue weighted by molar-refractivity contribution is 5.85. The van der Waals surface area contributed by atoms with Crippen LogP contribution in [0.3, 0.4) is 0 Å². The molecule has 0 aliphatic heterocycles. The summed E-state index contributed by atoms with van der Waals surface area (Å²) in [7, 11) is 0. The molecule has 1 amide bonds. The highest BCUT2D eigenvalue weighted by Gasteiger charge is 2.07. The van der Waals surface area contributed by atoms with Crippen LogP contribution >= 0.6 is 12.4 Å². The van der Waals surface area contributed by atoms with Crippen LogP contribution in [0.2, 0.25) is 0 Å². The van der Waals surface area contributed by atoms with Gasteiger partial charge in [-0.15, -0.1) is 12.4 Å². The predicted octanol–water partition coefficient (Wildman–Crippen LogP) is 2.50. The summed E-state index contributed by atoms with van der Waals surface area (Å²) in [4.78, 5) is 11.5. The number of carbonyl (C=O) groups is 1. The third-order valence-corrected chi connectivity index (χ3v) is 2.99. The van der Waals surface area contributed by atoms with Crippen LogP contribution in [-0.4, -0.2) is 25.1 Å². The van der Waals surface area contributed by atoms with E-state index in [1.165, 1.54) is 5.56 Å². The first-order chi connectivity index (χ1) is 9.58. The van der Waals surface area contributed by atoms with E-state index in [0.717, 1.165) is 6.42 Å². The van der Waals surface area contributed by atoms with Gasteiger partial charge in [-0.1, -0.05) is 37.3 Å². The van der Waals surface area contributed by atoms with Crippen molar-refractivity contribution in [1.29, 1.82) is 0 Å². The average Bonchev–Trinajstić information content (AvgIpc) is 2.44. The molecule has 0 radical (unpaired) electrons. The van der Waals surface area contributed by atoms with Gasteiger partial charge in [0.25, 0.3) is 0 Å². The van der Waals surface area contributed by atoms with Crippen LogP contribution in [0.1, 0.15) is 32.3 Å². The number of rotatable bonds is 9. The number of ether oxygens (including phenoxy) is 1. The number of nitrogens with two attached hydrogens (primary N) is 1. The topological polar surface area (TPSA) is 64.4 Å². The number of hydrogen-bond donors (Lipinski definition) is 2. The van der Waals surface area contributed by atoms with Crippen LogP contribution in [0.4, 0.5) is 0 Å². The molecule has 0 saturated carbocycles. The molecular weight excluding hydrogens is 288 g/mol. The van der Waals surface area contributed by atoms with Gasteiger partial charge in [-0.05, 0) is 24.8 Å². The largest absolute Gasteiger partial charge is 0.376 e. The van der Waals surface area contributed by atoms with E-state index in [4.69, 9.17) is 10.5 Å². The van der Waals surface area contributed by atoms with Crippen molar-refractivity contribution in [2.75, 3.05) is 13.2 Å². The molecule has 1 rings (SSSR count). The molecule has 0 fully saturated rings. The Morgan fingerprint density at radius 1 is 1.29 bits per heavy atom. The Kier molecular flexibility index (Phi) is 10.9. The van der Waals surface area contributed by atoms with E-state index in [1.54, 1.807) is 0 Å². The van der Waals surface area contributed by atoms with Gasteiger partial charge in [0.15, 0.2) is 0 Å². The maximum Gasteiger partial charge on any atom is 0.220 e. The number of halogens is 1. The highest BCUT2D eigenvalue weighted by atomic mass is 35.5. The van der Waals surface area contributed by atoms with Crippen molar-refractivity contribution in [2.24, 2.45) is 11.7 Å². The molecule has 0 bridgehead atoms. The quantitative estimate of drug-likeness (QED) is 0.736. The van der Waals surface area contributed by atoms with E-state index in [-0.39, 0.29) is 24.4 Å². The summed E-state index contributed by atoms with van der Waals surface area (Å²) in [5.74, 6) is 0.371. The fourth-order valence-corrected chi connectivity index (χ4v) is 1.75. The number of nitrogens with one attached hydrogen (secondary N) is 1. The van der Waals surface area contributed by atoms with Crippen LogP contribution in [0, 0.1) is 5.92 Å². The fraction of sp³-hybridized carbons (Fsp3) is 0.562. The zero-order valence-corrected chi connectivity index (χ0v) is 13.7. The zero-order chi connectivity index (χ0) is 14.8. The lowest BCUT2D eigenvalue weighted by Gasteiger charge is -2.13. The number of hydrogen-bond acceptors (Lipinski definition) is 3. The standard InChI is InChI=1S/C16H26N2O2.ClH/c1-13(10-18-16(19)9-8-14(2)17)11-20-12-15-6-4-3-5-7-15;/h3-7,13-14H,8-12,17H2,1-2H3,(H,18,19);1H. The van der Waals surface area contributed by atoms with Crippen LogP contribution < -0.4 is 11.1 Å². The Morgan fingerprint density at radius 3 is 2.57 bits per heavy atom. The first-order valence-electron chi connectivity index (χ1n) is 7.22. The van der Waals surface area contributed by atoms with Gasteiger partial charge >= 0.3 is 0 Å². The molecule has 0 saturated heterocycles. The van der Waals surface area contributed by atoms with Gasteiger partial charge in [0.05, 0.1) is 13.2 Å². The highest BCUT2D eigenvalue weighted by Crippen LogP contribution is 2.03. The van der Waals surface area contributed by atoms with E-state index < -0.39 is 0 Å². The summed E-state index contributed by atoms with van der Waals surface area (Å²) in [6.07, 6.45) is 1.22. The maximum absolute atomic E-state index is 11.5. The SMILES string of the molecule is CC(N)CCC(=O)NCC(C)COCc1ccccc1.Cl. The van der Waals surface area contributed by atoms with Crippen molar-refractivity contribution >= 4 is 18.3 Å². The van der Waals surface area contributed by atoms with Crippen molar-refractivity contribution in [3.63, 3.8) is 0 Å². The molecule has 21 heavy (non-hydrogen) atoms. The molecule has 1 aromatic rings. The van der Waals surface area contributed by atoms with Crippen molar-refractivity contribution in [3.8, 4) is 0 Å². The van der Waals surface area contributed by atoms with Crippen molar-refractivity contribution < 1.29 is 9.53 Å². The summed E-state index contributed by atoms with van der Waals surface area (Å²) in [5, 5.41) is 2.91. The third-order valence-electron chi connectivity index (χ3n) is 2.99. The van der Waals surface area contributed by atoms with Gasteiger partial charge in [-0.25, -0.2) is 0 Å². The van der Waals surface area contributed by atoms with Crippen molar-refractivity contribution in [1.82, 2.24) is 5.32 Å². The van der Waals surface area contributed by atoms with Gasteiger partial charge in [0.1, 0.15) is 0 Å². The summed E-state index contributed by atoms with van der Waals surface area (Å²) < 4.78 is 5.64. The smallest absolute Gasteiger partial charge is 0.220 e. The lowest BCUT2D eigenvalue weighted by molar-refractivity contribution is -0.121. The Hall–Kier alpha value is -1.10. The normalized spacial score (nSPS) is 13.1. The number of amides is 1. The minimum atomic E-state index is 0. The summed E-state index contributed by atoms with van der Waals surface area (Å²) in [5.41, 5.74) is 6.78. The molecule has 1 aromatic carbocycles. The first-order valence-corrected chi connectivity index (χ1v) is 7.22. The Labute approximate surface area is 133 Å². The molecule has 0 spiro atoms. The van der Waals surface area contributed by atoms with Crippen LogP contribution in [0.25, 0.3) is 0 Å². The first kappa shape index (κ1) is 19.9. The molecule has 4 nitrogen and oxygen atoms in total. The van der Waals surface area contributed by atoms with Gasteiger partial charge in [-0.3, -0.25) is 4.79 Å². The lowest BCUT2D eigenvalue weighted by Crippen LogP contribution is -2.31. The van der Waals surface area contributed by atoms with E-state index in [9.17, 15) is 4.79 Å². The predicted molar refractivity (Wildman–Crippen MR) is 88.4 cm³/mol. The van der Waals surface area contributed by atoms with Crippen molar-refractivity contribution in [3.05, 3.63) is 35.9 Å². The van der Waals surface area contributed by atoms with Gasteiger partial charge in [0, 0.05) is 19.0 Å². The number of benzene rings is 1. The Balaban J connectivity index is 0.00000400. The maximum atomic E-state index is 11.5. The third kappa shape index (κ3) is 10.3. The van der Waals surface area contributed by atoms with Gasteiger partial charge in [0.2, 0.25) is 5.91 Å². The lowest BCUT2D eigenvalue weighted by atomic mass is 10.1. The van der Waals surface area contributed by atoms with Crippen LogP contribution in [0.15, 0.2) is 30.3 Å². The summed E-state index contributed by atoms with van der Waals surface area (Å²) >= 11 is 0. The zero-order valence-electron chi connectivity index (χ0n) is 12.9. The molecule has 0 aliphatic rings. The molecular formula is C16H27ClN2O2.